The van der Waals surface area contributed by atoms with Crippen LogP contribution in [0.1, 0.15) is 30.7 Å². The number of likely N-dealkylation sites (tertiary alicyclic amines) is 1. The molecule has 4 heterocycles. The average molecular weight is 341 g/mol. The van der Waals surface area contributed by atoms with Crippen LogP contribution in [0.3, 0.4) is 0 Å². The number of likely N-dealkylation sites (N-methyl/N-ethyl adjacent to an activating group) is 1. The Morgan fingerprint density at radius 2 is 1.92 bits per heavy atom. The van der Waals surface area contributed by atoms with Gasteiger partial charge >= 0.3 is 0 Å². The van der Waals surface area contributed by atoms with Gasteiger partial charge in [-0.05, 0) is 30.9 Å². The minimum absolute atomic E-state index is 0.118. The molecule has 0 aliphatic carbocycles. The van der Waals surface area contributed by atoms with Crippen molar-refractivity contribution in [1.29, 1.82) is 0 Å². The first-order chi connectivity index (χ1) is 12.1. The van der Waals surface area contributed by atoms with Crippen molar-refractivity contribution >= 4 is 11.9 Å². The molecule has 4 rings (SSSR count). The van der Waals surface area contributed by atoms with Crippen LogP contribution in [0.15, 0.2) is 36.9 Å². The Labute approximate surface area is 145 Å². The second-order valence-corrected chi connectivity index (χ2v) is 6.85. The number of amides is 1. The van der Waals surface area contributed by atoms with Crippen LogP contribution in [0.25, 0.3) is 0 Å². The molecule has 130 valence electrons. The quantitative estimate of drug-likeness (QED) is 0.836. The normalized spacial score (nSPS) is 22.6. The van der Waals surface area contributed by atoms with Gasteiger partial charge in [-0.15, -0.1) is 0 Å². The lowest BCUT2D eigenvalue weighted by atomic mass is 9.81. The fourth-order valence-electron chi connectivity index (χ4n) is 4.05. The maximum Gasteiger partial charge on any atom is 0.230 e. The topological polar surface area (TPSA) is 62.2 Å². The summed E-state index contributed by atoms with van der Waals surface area (Å²) in [5.74, 6) is 0.163. The number of piperidine rings is 1. The molecule has 2 saturated heterocycles. The molecule has 7 heteroatoms. The fraction of sp³-hybridized carbons (Fsp3) is 0.444. The van der Waals surface area contributed by atoms with E-state index >= 15 is 0 Å². The van der Waals surface area contributed by atoms with E-state index in [2.05, 4.69) is 19.9 Å². The average Bonchev–Trinajstić information content (AvgIpc) is 2.89. The molecule has 1 spiro atoms. The summed E-state index contributed by atoms with van der Waals surface area (Å²) >= 11 is 0. The molecule has 1 amide bonds. The van der Waals surface area contributed by atoms with Gasteiger partial charge in [-0.3, -0.25) is 9.78 Å². The van der Waals surface area contributed by atoms with E-state index in [1.54, 1.807) is 12.4 Å². The number of nitrogens with zero attached hydrogens (tertiary/aromatic N) is 5. The summed E-state index contributed by atoms with van der Waals surface area (Å²) in [4.78, 5) is 29.1. The lowest BCUT2D eigenvalue weighted by Gasteiger charge is -2.43. The molecule has 0 aromatic carbocycles. The third-order valence-electron chi connectivity index (χ3n) is 5.59. The molecule has 1 unspecified atom stereocenters. The highest BCUT2D eigenvalue weighted by Gasteiger charge is 2.50. The molecule has 0 saturated carbocycles. The fourth-order valence-corrected chi connectivity index (χ4v) is 4.05. The van der Waals surface area contributed by atoms with Crippen LogP contribution in [0.2, 0.25) is 0 Å². The van der Waals surface area contributed by atoms with Crippen molar-refractivity contribution in [1.82, 2.24) is 19.9 Å². The molecule has 1 atom stereocenters. The van der Waals surface area contributed by atoms with Gasteiger partial charge in [-0.1, -0.05) is 6.07 Å². The van der Waals surface area contributed by atoms with Crippen LogP contribution in [0, 0.1) is 5.82 Å². The second kappa shape index (κ2) is 6.06. The third-order valence-corrected chi connectivity index (χ3v) is 5.59. The predicted octanol–water partition coefficient (Wildman–Crippen LogP) is 2.00. The van der Waals surface area contributed by atoms with Crippen molar-refractivity contribution < 1.29 is 9.18 Å². The zero-order chi connectivity index (χ0) is 17.4. The summed E-state index contributed by atoms with van der Waals surface area (Å²) in [6, 6.07) is 3.85. The van der Waals surface area contributed by atoms with Crippen molar-refractivity contribution in [3.8, 4) is 0 Å². The minimum atomic E-state index is -0.433. The number of hydrogen-bond acceptors (Lipinski definition) is 5. The number of carbonyl (C=O) groups is 1. The SMILES string of the molecule is CN1C(=O)C(c2cccnc2)CC12CCN(c1ncc(F)cn1)CC2. The minimum Gasteiger partial charge on any atom is -0.341 e. The van der Waals surface area contributed by atoms with E-state index in [0.717, 1.165) is 37.9 Å². The van der Waals surface area contributed by atoms with E-state index in [1.807, 2.05) is 24.1 Å². The summed E-state index contributed by atoms with van der Waals surface area (Å²) in [5, 5.41) is 0. The highest BCUT2D eigenvalue weighted by molar-refractivity contribution is 5.87. The van der Waals surface area contributed by atoms with Gasteiger partial charge in [0, 0.05) is 38.1 Å². The van der Waals surface area contributed by atoms with Crippen molar-refractivity contribution in [2.24, 2.45) is 0 Å². The highest BCUT2D eigenvalue weighted by Crippen LogP contribution is 2.44. The predicted molar refractivity (Wildman–Crippen MR) is 90.5 cm³/mol. The van der Waals surface area contributed by atoms with E-state index in [1.165, 1.54) is 12.4 Å². The van der Waals surface area contributed by atoms with E-state index in [0.29, 0.717) is 5.95 Å². The number of aromatic nitrogens is 3. The van der Waals surface area contributed by atoms with Gasteiger partial charge < -0.3 is 9.80 Å². The Kier molecular flexibility index (Phi) is 3.86. The molecule has 0 radical (unpaired) electrons. The van der Waals surface area contributed by atoms with Gasteiger partial charge in [0.25, 0.3) is 0 Å². The first-order valence-corrected chi connectivity index (χ1v) is 8.49. The number of hydrogen-bond donors (Lipinski definition) is 0. The van der Waals surface area contributed by atoms with Crippen molar-refractivity contribution in [3.63, 3.8) is 0 Å². The van der Waals surface area contributed by atoms with Crippen LogP contribution in [-0.4, -0.2) is 51.4 Å². The van der Waals surface area contributed by atoms with Crippen molar-refractivity contribution in [3.05, 3.63) is 48.3 Å². The molecule has 2 aliphatic heterocycles. The zero-order valence-electron chi connectivity index (χ0n) is 14.1. The molecule has 0 bridgehead atoms. The largest absolute Gasteiger partial charge is 0.341 e. The lowest BCUT2D eigenvalue weighted by Crippen LogP contribution is -2.52. The standard InChI is InChI=1S/C18H20FN5O/c1-23-16(25)15(13-3-2-6-20-10-13)9-18(23)4-7-24(8-5-18)17-21-11-14(19)12-22-17/h2-3,6,10-12,15H,4-5,7-9H2,1H3. The molecular weight excluding hydrogens is 321 g/mol. The molecule has 2 aromatic heterocycles. The Morgan fingerprint density at radius 3 is 2.56 bits per heavy atom. The van der Waals surface area contributed by atoms with E-state index < -0.39 is 5.82 Å². The van der Waals surface area contributed by atoms with E-state index in [4.69, 9.17) is 0 Å². The first kappa shape index (κ1) is 15.9. The summed E-state index contributed by atoms with van der Waals surface area (Å²) < 4.78 is 13.0. The lowest BCUT2D eigenvalue weighted by molar-refractivity contribution is -0.131. The van der Waals surface area contributed by atoms with Gasteiger partial charge in [0.15, 0.2) is 5.82 Å². The monoisotopic (exact) mass is 341 g/mol. The van der Waals surface area contributed by atoms with Crippen LogP contribution in [0.4, 0.5) is 10.3 Å². The summed E-state index contributed by atoms with van der Waals surface area (Å²) in [7, 11) is 1.91. The molecule has 2 aliphatic rings. The van der Waals surface area contributed by atoms with Gasteiger partial charge in [0.2, 0.25) is 11.9 Å². The molecular formula is C18H20FN5O. The smallest absolute Gasteiger partial charge is 0.230 e. The number of pyridine rings is 1. The van der Waals surface area contributed by atoms with E-state index in [-0.39, 0.29) is 17.4 Å². The summed E-state index contributed by atoms with van der Waals surface area (Å²) in [6.07, 6.45) is 8.42. The van der Waals surface area contributed by atoms with Crippen LogP contribution < -0.4 is 4.90 Å². The number of rotatable bonds is 2. The molecule has 2 fully saturated rings. The van der Waals surface area contributed by atoms with Gasteiger partial charge in [0.05, 0.1) is 18.3 Å². The Hall–Kier alpha value is -2.57. The highest BCUT2D eigenvalue weighted by atomic mass is 19.1. The number of anilines is 1. The Balaban J connectivity index is 1.50. The van der Waals surface area contributed by atoms with Crippen LogP contribution in [0.5, 0.6) is 0 Å². The van der Waals surface area contributed by atoms with Gasteiger partial charge in [-0.2, -0.15) is 0 Å². The molecule has 0 N–H and O–H groups in total. The number of halogens is 1. The third kappa shape index (κ3) is 2.73. The van der Waals surface area contributed by atoms with Crippen LogP contribution in [-0.2, 0) is 4.79 Å². The molecule has 2 aromatic rings. The van der Waals surface area contributed by atoms with Crippen molar-refractivity contribution in [2.45, 2.75) is 30.7 Å². The second-order valence-electron chi connectivity index (χ2n) is 6.85. The zero-order valence-corrected chi connectivity index (χ0v) is 14.1. The maximum absolute atomic E-state index is 13.0. The van der Waals surface area contributed by atoms with E-state index in [9.17, 15) is 9.18 Å². The van der Waals surface area contributed by atoms with Crippen LogP contribution >= 0.6 is 0 Å². The Bertz CT molecular complexity index is 759. The molecule has 6 nitrogen and oxygen atoms in total. The van der Waals surface area contributed by atoms with Gasteiger partial charge in [-0.25, -0.2) is 14.4 Å². The molecule has 25 heavy (non-hydrogen) atoms. The summed E-state index contributed by atoms with van der Waals surface area (Å²) in [6.45, 7) is 1.51. The maximum atomic E-state index is 13.0. The van der Waals surface area contributed by atoms with Crippen molar-refractivity contribution in [2.75, 3.05) is 25.0 Å². The Morgan fingerprint density at radius 1 is 1.20 bits per heavy atom. The summed E-state index contributed by atoms with van der Waals surface area (Å²) in [5.41, 5.74) is 0.856. The first-order valence-electron chi connectivity index (χ1n) is 8.49. The number of carbonyl (C=O) groups excluding carboxylic acids is 1. The van der Waals surface area contributed by atoms with Gasteiger partial charge in [0.1, 0.15) is 0 Å².